The van der Waals surface area contributed by atoms with Crippen LogP contribution in [0.3, 0.4) is 0 Å². The number of ether oxygens (including phenoxy) is 4. The minimum absolute atomic E-state index is 0.123. The standard InChI is InChI=1S/C22H27NO5/c1-23-9-8-15-11-19-21(28-13-27-19)22(26-3)20(15)17(23)12-16(24)10-14-6-4-5-7-18(14)25-2/h4-7,11,16-17,24H,8-10,12-13H2,1-3H3/p+1/t16-,17-/m0/s1. The zero-order valence-corrected chi connectivity index (χ0v) is 16.7. The molecule has 2 aromatic carbocycles. The van der Waals surface area contributed by atoms with E-state index in [2.05, 4.69) is 13.1 Å². The molecular weight excluding hydrogens is 358 g/mol. The number of nitrogens with one attached hydrogen (secondary N) is 1. The smallest absolute Gasteiger partial charge is 0.231 e. The first-order valence-corrected chi connectivity index (χ1v) is 9.74. The van der Waals surface area contributed by atoms with E-state index in [4.69, 9.17) is 18.9 Å². The molecule has 0 amide bonds. The van der Waals surface area contributed by atoms with Crippen molar-refractivity contribution in [3.8, 4) is 23.0 Å². The summed E-state index contributed by atoms with van der Waals surface area (Å²) in [6, 6.07) is 10.1. The molecule has 6 nitrogen and oxygen atoms in total. The molecule has 3 atom stereocenters. The molecule has 2 heterocycles. The van der Waals surface area contributed by atoms with E-state index in [1.807, 2.05) is 24.3 Å². The fourth-order valence-corrected chi connectivity index (χ4v) is 4.42. The summed E-state index contributed by atoms with van der Waals surface area (Å²) < 4.78 is 22.4. The van der Waals surface area contributed by atoms with Crippen LogP contribution in [-0.4, -0.2) is 45.8 Å². The van der Waals surface area contributed by atoms with E-state index >= 15 is 0 Å². The average molecular weight is 386 g/mol. The third-order valence-electron chi connectivity index (χ3n) is 5.84. The molecule has 0 aliphatic carbocycles. The Balaban J connectivity index is 1.62. The minimum atomic E-state index is -0.489. The van der Waals surface area contributed by atoms with Crippen LogP contribution < -0.4 is 23.8 Å². The summed E-state index contributed by atoms with van der Waals surface area (Å²) in [6.07, 6.45) is 1.65. The molecule has 150 valence electrons. The summed E-state index contributed by atoms with van der Waals surface area (Å²) in [7, 11) is 5.51. The van der Waals surface area contributed by atoms with E-state index in [0.717, 1.165) is 41.3 Å². The Morgan fingerprint density at radius 2 is 2.04 bits per heavy atom. The lowest BCUT2D eigenvalue weighted by molar-refractivity contribution is -0.915. The van der Waals surface area contributed by atoms with Gasteiger partial charge < -0.3 is 29.0 Å². The van der Waals surface area contributed by atoms with Crippen LogP contribution in [0, 0.1) is 0 Å². The van der Waals surface area contributed by atoms with Crippen molar-refractivity contribution in [2.45, 2.75) is 31.4 Å². The number of hydrogen-bond acceptors (Lipinski definition) is 5. The fourth-order valence-electron chi connectivity index (χ4n) is 4.42. The van der Waals surface area contributed by atoms with Crippen LogP contribution in [0.25, 0.3) is 0 Å². The number of para-hydroxylation sites is 1. The van der Waals surface area contributed by atoms with Gasteiger partial charge in [0.2, 0.25) is 12.5 Å². The van der Waals surface area contributed by atoms with Gasteiger partial charge in [0.05, 0.1) is 39.5 Å². The van der Waals surface area contributed by atoms with E-state index in [-0.39, 0.29) is 12.8 Å². The molecule has 2 aliphatic rings. The molecule has 0 fully saturated rings. The maximum atomic E-state index is 10.9. The summed E-state index contributed by atoms with van der Waals surface area (Å²) in [4.78, 5) is 1.36. The molecule has 0 saturated heterocycles. The van der Waals surface area contributed by atoms with Gasteiger partial charge >= 0.3 is 0 Å². The molecule has 6 heteroatoms. The maximum Gasteiger partial charge on any atom is 0.231 e. The number of fused-ring (bicyclic) bond motifs is 2. The van der Waals surface area contributed by atoms with Gasteiger partial charge in [-0.25, -0.2) is 0 Å². The highest BCUT2D eigenvalue weighted by Crippen LogP contribution is 2.48. The number of aliphatic hydroxyl groups is 1. The summed E-state index contributed by atoms with van der Waals surface area (Å²) in [5.74, 6) is 2.99. The van der Waals surface area contributed by atoms with Gasteiger partial charge in [0.1, 0.15) is 11.8 Å². The quantitative estimate of drug-likeness (QED) is 0.789. The molecule has 0 radical (unpaired) electrons. The largest absolute Gasteiger partial charge is 0.496 e. The van der Waals surface area contributed by atoms with E-state index < -0.39 is 6.10 Å². The third kappa shape index (κ3) is 3.38. The first-order chi connectivity index (χ1) is 13.6. The number of benzene rings is 2. The van der Waals surface area contributed by atoms with Gasteiger partial charge in [-0.1, -0.05) is 18.2 Å². The number of aliphatic hydroxyl groups excluding tert-OH is 1. The van der Waals surface area contributed by atoms with Gasteiger partial charge in [0.15, 0.2) is 11.5 Å². The third-order valence-corrected chi connectivity index (χ3v) is 5.84. The van der Waals surface area contributed by atoms with Crippen LogP contribution in [0.5, 0.6) is 23.0 Å². The van der Waals surface area contributed by atoms with E-state index in [1.165, 1.54) is 10.5 Å². The van der Waals surface area contributed by atoms with Crippen molar-refractivity contribution in [3.63, 3.8) is 0 Å². The van der Waals surface area contributed by atoms with E-state index in [0.29, 0.717) is 18.6 Å². The Morgan fingerprint density at radius 1 is 1.21 bits per heavy atom. The molecule has 4 rings (SSSR count). The van der Waals surface area contributed by atoms with Crippen LogP contribution in [0.15, 0.2) is 30.3 Å². The van der Waals surface area contributed by atoms with Crippen molar-refractivity contribution >= 4 is 0 Å². The molecular formula is C22H28NO5+. The summed E-state index contributed by atoms with van der Waals surface area (Å²) in [6.45, 7) is 1.22. The molecule has 28 heavy (non-hydrogen) atoms. The predicted octanol–water partition coefficient (Wildman–Crippen LogP) is 1.54. The van der Waals surface area contributed by atoms with Crippen LogP contribution >= 0.6 is 0 Å². The summed E-state index contributed by atoms with van der Waals surface area (Å²) >= 11 is 0. The van der Waals surface area contributed by atoms with E-state index in [9.17, 15) is 5.11 Å². The van der Waals surface area contributed by atoms with Gasteiger partial charge in [-0.15, -0.1) is 0 Å². The van der Waals surface area contributed by atoms with Crippen LogP contribution in [-0.2, 0) is 12.8 Å². The predicted molar refractivity (Wildman–Crippen MR) is 105 cm³/mol. The Hall–Kier alpha value is -2.44. The van der Waals surface area contributed by atoms with Crippen molar-refractivity contribution in [1.82, 2.24) is 0 Å². The highest BCUT2D eigenvalue weighted by Gasteiger charge is 2.37. The Bertz CT molecular complexity index is 853. The van der Waals surface area contributed by atoms with Crippen LogP contribution in [0.1, 0.15) is 29.2 Å². The SMILES string of the molecule is COc1ccccc1C[C@H](O)C[C@H]1c2c(cc3c(c2OC)OCO3)CC[NH+]1C. The zero-order chi connectivity index (χ0) is 19.7. The number of quaternary nitrogens is 1. The second-order valence-corrected chi connectivity index (χ2v) is 7.52. The Labute approximate surface area is 165 Å². The summed E-state index contributed by atoms with van der Waals surface area (Å²) in [5.41, 5.74) is 3.37. The molecule has 0 bridgehead atoms. The normalized spacial score (nSPS) is 21.1. The topological polar surface area (TPSA) is 61.6 Å². The summed E-state index contributed by atoms with van der Waals surface area (Å²) in [5, 5.41) is 10.9. The lowest BCUT2D eigenvalue weighted by atomic mass is 9.87. The second kappa shape index (κ2) is 7.89. The highest BCUT2D eigenvalue weighted by molar-refractivity contribution is 5.61. The highest BCUT2D eigenvalue weighted by atomic mass is 16.7. The van der Waals surface area contributed by atoms with Crippen LogP contribution in [0.4, 0.5) is 0 Å². The molecule has 0 spiro atoms. The fraction of sp³-hybridized carbons (Fsp3) is 0.455. The molecule has 2 aromatic rings. The maximum absolute atomic E-state index is 10.9. The Morgan fingerprint density at radius 3 is 2.82 bits per heavy atom. The molecule has 2 aliphatic heterocycles. The molecule has 0 aromatic heterocycles. The molecule has 1 unspecified atom stereocenters. The first-order valence-electron chi connectivity index (χ1n) is 9.74. The zero-order valence-electron chi connectivity index (χ0n) is 16.7. The number of likely N-dealkylation sites (N-methyl/N-ethyl adjacent to an activating group) is 1. The monoisotopic (exact) mass is 386 g/mol. The lowest BCUT2D eigenvalue weighted by Gasteiger charge is -2.34. The van der Waals surface area contributed by atoms with Gasteiger partial charge in [-0.3, -0.25) is 0 Å². The van der Waals surface area contributed by atoms with Crippen molar-refractivity contribution in [3.05, 3.63) is 47.0 Å². The van der Waals surface area contributed by atoms with Crippen molar-refractivity contribution < 1.29 is 29.0 Å². The van der Waals surface area contributed by atoms with Gasteiger partial charge in [-0.2, -0.15) is 0 Å². The number of methoxy groups -OCH3 is 2. The molecule has 2 N–H and O–H groups in total. The minimum Gasteiger partial charge on any atom is -0.496 e. The number of rotatable bonds is 6. The van der Waals surface area contributed by atoms with Crippen molar-refractivity contribution in [2.24, 2.45) is 0 Å². The van der Waals surface area contributed by atoms with Crippen LogP contribution in [0.2, 0.25) is 0 Å². The second-order valence-electron chi connectivity index (χ2n) is 7.52. The average Bonchev–Trinajstić information content (AvgIpc) is 3.17. The number of hydrogen-bond donors (Lipinski definition) is 2. The van der Waals surface area contributed by atoms with Gasteiger partial charge in [-0.05, 0) is 23.3 Å². The van der Waals surface area contributed by atoms with Crippen molar-refractivity contribution in [2.75, 3.05) is 34.6 Å². The lowest BCUT2D eigenvalue weighted by Crippen LogP contribution is -3.10. The van der Waals surface area contributed by atoms with Gasteiger partial charge in [0, 0.05) is 19.3 Å². The van der Waals surface area contributed by atoms with E-state index in [1.54, 1.807) is 14.2 Å². The molecule has 0 saturated carbocycles. The Kier molecular flexibility index (Phi) is 5.33. The first kappa shape index (κ1) is 18.9. The van der Waals surface area contributed by atoms with Gasteiger partial charge in [0.25, 0.3) is 0 Å². The van der Waals surface area contributed by atoms with Crippen molar-refractivity contribution in [1.29, 1.82) is 0 Å².